The first-order valence-electron chi connectivity index (χ1n) is 9.58. The van der Waals surface area contributed by atoms with Gasteiger partial charge in [0, 0.05) is 54.1 Å². The molecule has 0 aliphatic heterocycles. The van der Waals surface area contributed by atoms with Crippen LogP contribution in [-0.2, 0) is 5.75 Å². The Balaban J connectivity index is 1.62. The van der Waals surface area contributed by atoms with Gasteiger partial charge in [-0.3, -0.25) is 14.3 Å². The third-order valence-electron chi connectivity index (χ3n) is 4.63. The van der Waals surface area contributed by atoms with Crippen LogP contribution in [-0.4, -0.2) is 44.7 Å². The largest absolute Gasteiger partial charge is 0.345 e. The maximum atomic E-state index is 12.1. The second kappa shape index (κ2) is 9.32. The molecule has 2 aromatic heterocycles. The van der Waals surface area contributed by atoms with Crippen molar-refractivity contribution in [3.63, 3.8) is 0 Å². The molecule has 8 heteroatoms. The molecule has 0 fully saturated rings. The molecule has 0 unspecified atom stereocenters. The normalized spacial score (nSPS) is 10.8. The lowest BCUT2D eigenvalue weighted by molar-refractivity contribution is 0.0827. The monoisotopic (exact) mass is 449 g/mol. The highest BCUT2D eigenvalue weighted by molar-refractivity contribution is 7.98. The number of pyridine rings is 1. The van der Waals surface area contributed by atoms with Crippen molar-refractivity contribution in [2.24, 2.45) is 0 Å². The minimum Gasteiger partial charge on any atom is -0.345 e. The first-order valence-corrected chi connectivity index (χ1v) is 10.9. The van der Waals surface area contributed by atoms with Crippen molar-refractivity contribution < 1.29 is 4.79 Å². The molecule has 0 atom stereocenters. The summed E-state index contributed by atoms with van der Waals surface area (Å²) in [6.45, 7) is 0. The number of rotatable bonds is 6. The van der Waals surface area contributed by atoms with Crippen molar-refractivity contribution in [3.05, 3.63) is 89.2 Å². The van der Waals surface area contributed by atoms with Gasteiger partial charge in [0.1, 0.15) is 0 Å². The van der Waals surface area contributed by atoms with E-state index in [1.54, 1.807) is 43.2 Å². The van der Waals surface area contributed by atoms with Crippen LogP contribution in [0.15, 0.2) is 78.2 Å². The molecule has 4 rings (SSSR count). The van der Waals surface area contributed by atoms with E-state index in [1.165, 1.54) is 0 Å². The van der Waals surface area contributed by atoms with Gasteiger partial charge in [0.2, 0.25) is 0 Å². The summed E-state index contributed by atoms with van der Waals surface area (Å²) in [5.74, 6) is 1.42. The number of carbonyl (C=O) groups excluding carboxylic acids is 1. The highest BCUT2D eigenvalue weighted by Gasteiger charge is 2.16. The zero-order chi connectivity index (χ0) is 21.8. The molecule has 0 aliphatic carbocycles. The van der Waals surface area contributed by atoms with Crippen LogP contribution in [0.1, 0.15) is 15.9 Å². The zero-order valence-electron chi connectivity index (χ0n) is 17.1. The van der Waals surface area contributed by atoms with Crippen LogP contribution in [0.2, 0.25) is 5.02 Å². The predicted octanol–water partition coefficient (Wildman–Crippen LogP) is 4.98. The molecule has 6 nitrogen and oxygen atoms in total. The fraction of sp³-hybridized carbons (Fsp3) is 0.130. The number of hydrogen-bond donors (Lipinski definition) is 0. The minimum absolute atomic E-state index is 0.0105. The minimum atomic E-state index is -0.0105. The quantitative estimate of drug-likeness (QED) is 0.388. The summed E-state index contributed by atoms with van der Waals surface area (Å²) in [7, 11) is 3.49. The van der Waals surface area contributed by atoms with E-state index in [9.17, 15) is 4.79 Å². The Morgan fingerprint density at radius 1 is 0.968 bits per heavy atom. The van der Waals surface area contributed by atoms with Crippen LogP contribution in [0, 0.1) is 0 Å². The highest BCUT2D eigenvalue weighted by atomic mass is 35.5. The molecule has 1 amide bonds. The van der Waals surface area contributed by atoms with E-state index in [-0.39, 0.29) is 5.91 Å². The average Bonchev–Trinajstić information content (AvgIpc) is 3.22. The smallest absolute Gasteiger partial charge is 0.253 e. The number of thioether (sulfide) groups is 1. The van der Waals surface area contributed by atoms with E-state index in [0.717, 1.165) is 27.8 Å². The maximum absolute atomic E-state index is 12.1. The van der Waals surface area contributed by atoms with Gasteiger partial charge in [-0.1, -0.05) is 35.5 Å². The Labute approximate surface area is 189 Å². The SMILES string of the molecule is CN(C)C(=O)c1ccc(CSc2nnc(-c3ccncc3)n2-c2ccc(Cl)cc2)cc1. The third kappa shape index (κ3) is 4.78. The van der Waals surface area contributed by atoms with Crippen molar-refractivity contribution in [2.45, 2.75) is 10.9 Å². The number of nitrogens with zero attached hydrogens (tertiary/aromatic N) is 5. The van der Waals surface area contributed by atoms with Gasteiger partial charge < -0.3 is 4.90 Å². The molecule has 2 aromatic carbocycles. The van der Waals surface area contributed by atoms with Crippen LogP contribution in [0.5, 0.6) is 0 Å². The molecular formula is C23H20ClN5OS. The Morgan fingerprint density at radius 2 is 1.65 bits per heavy atom. The number of carbonyl (C=O) groups is 1. The molecule has 0 aliphatic rings. The summed E-state index contributed by atoms with van der Waals surface area (Å²) >= 11 is 7.66. The van der Waals surface area contributed by atoms with E-state index in [4.69, 9.17) is 11.6 Å². The molecule has 0 spiro atoms. The maximum Gasteiger partial charge on any atom is 0.253 e. The lowest BCUT2D eigenvalue weighted by Crippen LogP contribution is -2.21. The number of hydrogen-bond acceptors (Lipinski definition) is 5. The summed E-state index contributed by atoms with van der Waals surface area (Å²) in [6.07, 6.45) is 3.47. The van der Waals surface area contributed by atoms with Gasteiger partial charge in [0.15, 0.2) is 11.0 Å². The Hall–Kier alpha value is -3.16. The highest BCUT2D eigenvalue weighted by Crippen LogP contribution is 2.30. The van der Waals surface area contributed by atoms with Gasteiger partial charge in [-0.05, 0) is 54.1 Å². The van der Waals surface area contributed by atoms with Crippen molar-refractivity contribution in [1.29, 1.82) is 0 Å². The molecule has 0 bridgehead atoms. The standard InChI is InChI=1S/C23H20ClN5OS/c1-28(2)22(30)18-5-3-16(4-6-18)15-31-23-27-26-21(17-11-13-25-14-12-17)29(23)20-9-7-19(24)8-10-20/h3-14H,15H2,1-2H3. The number of aromatic nitrogens is 4. The molecule has 0 N–H and O–H groups in total. The van der Waals surface area contributed by atoms with Crippen LogP contribution < -0.4 is 0 Å². The molecule has 0 saturated carbocycles. The molecule has 0 saturated heterocycles. The molecule has 0 radical (unpaired) electrons. The average molecular weight is 450 g/mol. The first kappa shape index (κ1) is 21.1. The first-order chi connectivity index (χ1) is 15.0. The molecule has 156 valence electrons. The fourth-order valence-electron chi connectivity index (χ4n) is 3.02. The van der Waals surface area contributed by atoms with Gasteiger partial charge >= 0.3 is 0 Å². The van der Waals surface area contributed by atoms with E-state index in [2.05, 4.69) is 15.2 Å². The molecule has 31 heavy (non-hydrogen) atoms. The van der Waals surface area contributed by atoms with E-state index < -0.39 is 0 Å². The third-order valence-corrected chi connectivity index (χ3v) is 5.88. The van der Waals surface area contributed by atoms with Gasteiger partial charge in [-0.25, -0.2) is 0 Å². The second-order valence-corrected chi connectivity index (χ2v) is 8.42. The van der Waals surface area contributed by atoms with Crippen molar-refractivity contribution in [2.75, 3.05) is 14.1 Å². The van der Waals surface area contributed by atoms with Gasteiger partial charge in [-0.2, -0.15) is 0 Å². The Bertz CT molecular complexity index is 1180. The number of benzene rings is 2. The molecule has 4 aromatic rings. The Morgan fingerprint density at radius 3 is 2.29 bits per heavy atom. The summed E-state index contributed by atoms with van der Waals surface area (Å²) in [5, 5.41) is 10.3. The molecular weight excluding hydrogens is 430 g/mol. The lowest BCUT2D eigenvalue weighted by Gasteiger charge is -2.11. The van der Waals surface area contributed by atoms with Crippen molar-refractivity contribution in [3.8, 4) is 17.1 Å². The van der Waals surface area contributed by atoms with Crippen LogP contribution in [0.4, 0.5) is 0 Å². The topological polar surface area (TPSA) is 63.9 Å². The molecule has 2 heterocycles. The summed E-state index contributed by atoms with van der Waals surface area (Å²) in [6, 6.07) is 19.0. The lowest BCUT2D eigenvalue weighted by atomic mass is 10.1. The summed E-state index contributed by atoms with van der Waals surface area (Å²) < 4.78 is 2.01. The van der Waals surface area contributed by atoms with Crippen LogP contribution in [0.25, 0.3) is 17.1 Å². The van der Waals surface area contributed by atoms with Crippen LogP contribution in [0.3, 0.4) is 0 Å². The fourth-order valence-corrected chi connectivity index (χ4v) is 4.06. The number of halogens is 1. The number of amides is 1. The zero-order valence-corrected chi connectivity index (χ0v) is 18.6. The van der Waals surface area contributed by atoms with E-state index in [0.29, 0.717) is 16.3 Å². The van der Waals surface area contributed by atoms with Gasteiger partial charge in [-0.15, -0.1) is 10.2 Å². The van der Waals surface area contributed by atoms with Crippen LogP contribution >= 0.6 is 23.4 Å². The van der Waals surface area contributed by atoms with Gasteiger partial charge in [0.25, 0.3) is 5.91 Å². The van der Waals surface area contributed by atoms with E-state index in [1.807, 2.05) is 65.2 Å². The summed E-state index contributed by atoms with van der Waals surface area (Å²) in [4.78, 5) is 17.7. The summed E-state index contributed by atoms with van der Waals surface area (Å²) in [5.41, 5.74) is 3.62. The predicted molar refractivity (Wildman–Crippen MR) is 124 cm³/mol. The Kier molecular flexibility index (Phi) is 6.34. The van der Waals surface area contributed by atoms with Crippen molar-refractivity contribution >= 4 is 29.3 Å². The van der Waals surface area contributed by atoms with Gasteiger partial charge in [0.05, 0.1) is 0 Å². The van der Waals surface area contributed by atoms with Crippen molar-refractivity contribution in [1.82, 2.24) is 24.6 Å². The van der Waals surface area contributed by atoms with E-state index >= 15 is 0 Å². The second-order valence-electron chi connectivity index (χ2n) is 7.04.